The number of alkyl halides is 4. The van der Waals surface area contributed by atoms with Gasteiger partial charge in [0.25, 0.3) is 5.56 Å². The lowest BCUT2D eigenvalue weighted by Gasteiger charge is -2.40. The van der Waals surface area contributed by atoms with Crippen molar-refractivity contribution in [2.24, 2.45) is 7.05 Å². The van der Waals surface area contributed by atoms with Crippen LogP contribution in [-0.2, 0) is 23.2 Å². The molecule has 2 aliphatic heterocycles. The molecule has 0 aromatic carbocycles. The summed E-state index contributed by atoms with van der Waals surface area (Å²) in [6.45, 7) is 1.47. The minimum atomic E-state index is -5.34. The summed E-state index contributed by atoms with van der Waals surface area (Å²) < 4.78 is 54.0. The van der Waals surface area contributed by atoms with Crippen molar-refractivity contribution in [3.63, 3.8) is 0 Å². The van der Waals surface area contributed by atoms with Gasteiger partial charge in [0.2, 0.25) is 0 Å². The molecule has 0 aliphatic carbocycles. The highest BCUT2D eigenvalue weighted by Gasteiger charge is 2.50. The maximum Gasteiger partial charge on any atom is 0.493 e. The Morgan fingerprint density at radius 3 is 2.47 bits per heavy atom. The number of halogens is 4. The summed E-state index contributed by atoms with van der Waals surface area (Å²) in [5.74, 6) is 2.44. The van der Waals surface area contributed by atoms with Crippen LogP contribution in [0.4, 0.5) is 29.1 Å². The first kappa shape index (κ1) is 23.6. The van der Waals surface area contributed by atoms with Gasteiger partial charge in [-0.25, -0.2) is 14.0 Å². The molecule has 1 atom stereocenters. The lowest BCUT2D eigenvalue weighted by atomic mass is 10.3. The van der Waals surface area contributed by atoms with Gasteiger partial charge in [-0.05, 0) is 6.92 Å². The average molecular weight is 462 g/mol. The molecule has 2 aliphatic rings. The van der Waals surface area contributed by atoms with Crippen LogP contribution in [0.2, 0.25) is 0 Å². The molecule has 1 N–H and O–H groups in total. The molecule has 1 unspecified atom stereocenters. The Bertz CT molecular complexity index is 1050. The third kappa shape index (κ3) is 4.17. The second-order valence-corrected chi connectivity index (χ2v) is 7.05. The van der Waals surface area contributed by atoms with Gasteiger partial charge in [0, 0.05) is 33.2 Å². The maximum absolute atomic E-state index is 13.3. The quantitative estimate of drug-likeness (QED) is 0.457. The predicted octanol–water partition coefficient (Wildman–Crippen LogP) is -0.624. The van der Waals surface area contributed by atoms with Crippen LogP contribution < -0.4 is 26.5 Å². The van der Waals surface area contributed by atoms with E-state index in [0.717, 1.165) is 9.13 Å². The number of carbonyl (C=O) groups is 1. The molecule has 0 saturated carbocycles. The second kappa shape index (κ2) is 9.21. The highest BCUT2D eigenvalue weighted by molar-refractivity contribution is 5.80. The minimum Gasteiger partial charge on any atom is -0.327 e. The monoisotopic (exact) mass is 462 g/mol. The van der Waals surface area contributed by atoms with Crippen molar-refractivity contribution in [2.45, 2.75) is 25.9 Å². The third-order valence-corrected chi connectivity index (χ3v) is 5.10. The molecule has 3 rings (SSSR count). The number of rotatable bonds is 5. The summed E-state index contributed by atoms with van der Waals surface area (Å²) in [5, 5.41) is 3.67. The molecule has 0 amide bonds. The van der Waals surface area contributed by atoms with Crippen molar-refractivity contribution in [3.8, 4) is 11.8 Å². The molecule has 1 aromatic rings. The zero-order chi connectivity index (χ0) is 23.6. The summed E-state index contributed by atoms with van der Waals surface area (Å²) in [5.41, 5.74) is -1.99. The van der Waals surface area contributed by atoms with E-state index < -0.39 is 48.7 Å². The number of hydrogen-bond acceptors (Lipinski definition) is 8. The van der Waals surface area contributed by atoms with Crippen LogP contribution in [0, 0.1) is 11.8 Å². The summed E-state index contributed by atoms with van der Waals surface area (Å²) >= 11 is 0. The topological polar surface area (TPSA) is 92.0 Å². The fourth-order valence-electron chi connectivity index (χ4n) is 3.67. The molecule has 176 valence electrons. The Kier molecular flexibility index (Phi) is 6.79. The van der Waals surface area contributed by atoms with Gasteiger partial charge >= 0.3 is 17.8 Å². The molecule has 1 saturated heterocycles. The predicted molar refractivity (Wildman–Crippen MR) is 106 cm³/mol. The standard InChI is InChI=1S/C18H22F4N6O4/c1-3-4-8-26-12-13(27(9-5-19)17(31)24(2)14(12)29)28(32-15(30)18(20,21)22)16(26)25-10-6-23-7-11-25/h16,23H,5-11H2,1-2H3. The van der Waals surface area contributed by atoms with Crippen LogP contribution >= 0.6 is 0 Å². The van der Waals surface area contributed by atoms with Crippen LogP contribution in [0.3, 0.4) is 0 Å². The zero-order valence-electron chi connectivity index (χ0n) is 17.4. The zero-order valence-corrected chi connectivity index (χ0v) is 17.4. The highest BCUT2D eigenvalue weighted by atomic mass is 19.4. The van der Waals surface area contributed by atoms with Crippen LogP contribution in [0.25, 0.3) is 0 Å². The van der Waals surface area contributed by atoms with E-state index >= 15 is 0 Å². The van der Waals surface area contributed by atoms with Crippen molar-refractivity contribution in [1.29, 1.82) is 0 Å². The fourth-order valence-corrected chi connectivity index (χ4v) is 3.67. The van der Waals surface area contributed by atoms with E-state index in [2.05, 4.69) is 17.2 Å². The van der Waals surface area contributed by atoms with Crippen molar-refractivity contribution >= 4 is 17.5 Å². The number of anilines is 2. The molecule has 0 spiro atoms. The first-order valence-corrected chi connectivity index (χ1v) is 9.72. The van der Waals surface area contributed by atoms with Crippen LogP contribution in [0.15, 0.2) is 9.59 Å². The maximum atomic E-state index is 13.3. The Morgan fingerprint density at radius 2 is 1.91 bits per heavy atom. The molecule has 14 heteroatoms. The molecule has 32 heavy (non-hydrogen) atoms. The first-order chi connectivity index (χ1) is 15.1. The largest absolute Gasteiger partial charge is 0.493 e. The normalized spacial score (nSPS) is 18.9. The van der Waals surface area contributed by atoms with E-state index in [1.807, 2.05) is 0 Å². The molecular weight excluding hydrogens is 440 g/mol. The van der Waals surface area contributed by atoms with Crippen molar-refractivity contribution in [2.75, 3.05) is 49.4 Å². The van der Waals surface area contributed by atoms with Gasteiger partial charge in [0.1, 0.15) is 6.67 Å². The molecular formula is C18H22F4N6O4. The number of nitrogens with one attached hydrogen (secondary N) is 1. The molecule has 0 bridgehead atoms. The highest BCUT2D eigenvalue weighted by Crippen LogP contribution is 2.38. The fraction of sp³-hybridized carbons (Fsp3) is 0.611. The van der Waals surface area contributed by atoms with Gasteiger partial charge in [-0.3, -0.25) is 18.8 Å². The van der Waals surface area contributed by atoms with E-state index in [9.17, 15) is 31.9 Å². The third-order valence-electron chi connectivity index (χ3n) is 5.10. The molecule has 3 heterocycles. The number of nitrogens with zero attached hydrogens (tertiary/aromatic N) is 5. The second-order valence-electron chi connectivity index (χ2n) is 7.05. The Balaban J connectivity index is 2.27. The van der Waals surface area contributed by atoms with Crippen molar-refractivity contribution in [1.82, 2.24) is 19.4 Å². The number of piperazine rings is 1. The summed E-state index contributed by atoms with van der Waals surface area (Å²) in [7, 11) is 1.17. The van der Waals surface area contributed by atoms with Gasteiger partial charge in [0.05, 0.1) is 13.1 Å². The van der Waals surface area contributed by atoms with Crippen LogP contribution in [0.1, 0.15) is 6.92 Å². The van der Waals surface area contributed by atoms with Crippen molar-refractivity contribution in [3.05, 3.63) is 20.8 Å². The lowest BCUT2D eigenvalue weighted by Crippen LogP contribution is -2.61. The average Bonchev–Trinajstić information content (AvgIpc) is 3.07. The number of fused-ring (bicyclic) bond motifs is 1. The minimum absolute atomic E-state index is 0.110. The number of hydrogen-bond donors (Lipinski definition) is 1. The molecule has 0 radical (unpaired) electrons. The van der Waals surface area contributed by atoms with E-state index in [0.29, 0.717) is 31.2 Å². The van der Waals surface area contributed by atoms with Gasteiger partial charge in [-0.15, -0.1) is 11.0 Å². The van der Waals surface area contributed by atoms with Crippen LogP contribution in [0.5, 0.6) is 0 Å². The summed E-state index contributed by atoms with van der Waals surface area (Å²) in [4.78, 5) is 45.2. The SMILES string of the molecule is CC#CCN1c2c(n(CCF)c(=O)n(C)c2=O)N(OC(=O)C(F)(F)F)C1N1CCNCC1. The van der Waals surface area contributed by atoms with Gasteiger partial charge in [-0.2, -0.15) is 13.2 Å². The van der Waals surface area contributed by atoms with Gasteiger partial charge < -0.3 is 15.1 Å². The summed E-state index contributed by atoms with van der Waals surface area (Å²) in [6.07, 6.45) is -6.53. The van der Waals surface area contributed by atoms with Gasteiger partial charge in [0.15, 0.2) is 17.8 Å². The van der Waals surface area contributed by atoms with E-state index in [-0.39, 0.29) is 12.2 Å². The number of carbonyl (C=O) groups excluding carboxylic acids is 1. The van der Waals surface area contributed by atoms with E-state index in [1.54, 1.807) is 11.8 Å². The van der Waals surface area contributed by atoms with Crippen LogP contribution in [-0.4, -0.2) is 71.9 Å². The lowest BCUT2D eigenvalue weighted by molar-refractivity contribution is -0.203. The van der Waals surface area contributed by atoms with E-state index in [1.165, 1.54) is 11.9 Å². The Labute approximate surface area is 179 Å². The number of aromatic nitrogens is 2. The smallest absolute Gasteiger partial charge is 0.327 e. The molecule has 1 aromatic heterocycles. The first-order valence-electron chi connectivity index (χ1n) is 9.72. The molecule has 10 nitrogen and oxygen atoms in total. The Hall–Kier alpha value is -3.05. The Morgan fingerprint density at radius 1 is 1.25 bits per heavy atom. The van der Waals surface area contributed by atoms with Crippen molar-refractivity contribution < 1.29 is 27.2 Å². The van der Waals surface area contributed by atoms with Gasteiger partial charge in [-0.1, -0.05) is 5.92 Å². The summed E-state index contributed by atoms with van der Waals surface area (Å²) in [6, 6.07) is 0. The van der Waals surface area contributed by atoms with E-state index in [4.69, 9.17) is 4.84 Å². The number of hydroxylamine groups is 1. The molecule has 1 fully saturated rings.